The Hall–Kier alpha value is -2.42. The second-order valence-corrected chi connectivity index (χ2v) is 4.38. The third-order valence-corrected chi connectivity index (χ3v) is 2.70. The number of carbonyl (C=O) groups is 1. The third-order valence-electron chi connectivity index (χ3n) is 2.46. The van der Waals surface area contributed by atoms with Crippen molar-refractivity contribution in [1.82, 2.24) is 4.98 Å². The highest BCUT2D eigenvalue weighted by Gasteiger charge is 2.12. The van der Waals surface area contributed by atoms with Gasteiger partial charge in [-0.05, 0) is 36.3 Å². The minimum Gasteiger partial charge on any atom is -0.384 e. The summed E-state index contributed by atoms with van der Waals surface area (Å²) in [7, 11) is 0. The van der Waals surface area contributed by atoms with Gasteiger partial charge in [0.1, 0.15) is 23.9 Å². The highest BCUT2D eigenvalue weighted by molar-refractivity contribution is 6.30. The number of halogens is 2. The Balaban J connectivity index is 2.19. The number of hydrogen-bond acceptors (Lipinski definition) is 3. The number of aliphatic hydroxyl groups excluding tert-OH is 1. The molecule has 0 saturated carbocycles. The monoisotopic (exact) mass is 304 g/mol. The molecule has 0 atom stereocenters. The van der Waals surface area contributed by atoms with Crippen LogP contribution >= 0.6 is 11.6 Å². The molecule has 0 aliphatic carbocycles. The summed E-state index contributed by atoms with van der Waals surface area (Å²) in [5, 5.41) is 11.3. The molecule has 21 heavy (non-hydrogen) atoms. The van der Waals surface area contributed by atoms with Crippen molar-refractivity contribution in [3.8, 4) is 11.8 Å². The SMILES string of the molecule is O=C(Nc1cccc(C#CCO)n1)c1ccc(Cl)cc1F. The zero-order valence-electron chi connectivity index (χ0n) is 10.7. The van der Waals surface area contributed by atoms with Gasteiger partial charge in [0.2, 0.25) is 0 Å². The van der Waals surface area contributed by atoms with Crippen LogP contribution in [-0.4, -0.2) is 22.6 Å². The second kappa shape index (κ2) is 6.84. The fourth-order valence-corrected chi connectivity index (χ4v) is 1.72. The van der Waals surface area contributed by atoms with Gasteiger partial charge in [0, 0.05) is 5.02 Å². The Kier molecular flexibility index (Phi) is 4.88. The van der Waals surface area contributed by atoms with Crippen LogP contribution in [0.4, 0.5) is 10.2 Å². The second-order valence-electron chi connectivity index (χ2n) is 3.95. The average Bonchev–Trinajstić information content (AvgIpc) is 2.45. The van der Waals surface area contributed by atoms with E-state index in [0.717, 1.165) is 6.07 Å². The molecule has 0 fully saturated rings. The van der Waals surface area contributed by atoms with Gasteiger partial charge in [-0.1, -0.05) is 23.6 Å². The van der Waals surface area contributed by atoms with Crippen LogP contribution in [0.3, 0.4) is 0 Å². The van der Waals surface area contributed by atoms with Crippen molar-refractivity contribution in [2.75, 3.05) is 11.9 Å². The summed E-state index contributed by atoms with van der Waals surface area (Å²) < 4.78 is 13.6. The summed E-state index contributed by atoms with van der Waals surface area (Å²) in [4.78, 5) is 16.0. The first-order valence-electron chi connectivity index (χ1n) is 5.93. The van der Waals surface area contributed by atoms with Gasteiger partial charge in [-0.25, -0.2) is 9.37 Å². The number of aromatic nitrogens is 1. The van der Waals surface area contributed by atoms with Crippen molar-refractivity contribution in [2.24, 2.45) is 0 Å². The van der Waals surface area contributed by atoms with Crippen LogP contribution in [0.2, 0.25) is 5.02 Å². The molecule has 2 rings (SSSR count). The van der Waals surface area contributed by atoms with E-state index in [1.165, 1.54) is 12.1 Å². The van der Waals surface area contributed by atoms with E-state index in [4.69, 9.17) is 16.7 Å². The van der Waals surface area contributed by atoms with Crippen molar-refractivity contribution < 1.29 is 14.3 Å². The molecule has 6 heteroatoms. The van der Waals surface area contributed by atoms with E-state index in [-0.39, 0.29) is 23.0 Å². The molecule has 106 valence electrons. The first-order chi connectivity index (χ1) is 10.1. The lowest BCUT2D eigenvalue weighted by molar-refractivity contribution is 0.102. The normalized spacial score (nSPS) is 9.67. The summed E-state index contributed by atoms with van der Waals surface area (Å²) in [6.07, 6.45) is 0. The van der Waals surface area contributed by atoms with Crippen LogP contribution < -0.4 is 5.32 Å². The zero-order valence-corrected chi connectivity index (χ0v) is 11.5. The summed E-state index contributed by atoms with van der Waals surface area (Å²) in [5.41, 5.74) is 0.256. The first-order valence-corrected chi connectivity index (χ1v) is 6.31. The van der Waals surface area contributed by atoms with E-state index in [9.17, 15) is 9.18 Å². The molecule has 1 aromatic carbocycles. The highest BCUT2D eigenvalue weighted by atomic mass is 35.5. The quantitative estimate of drug-likeness (QED) is 0.838. The first kappa shape index (κ1) is 15.0. The van der Waals surface area contributed by atoms with Gasteiger partial charge < -0.3 is 10.4 Å². The van der Waals surface area contributed by atoms with E-state index < -0.39 is 11.7 Å². The summed E-state index contributed by atoms with van der Waals surface area (Å²) in [6, 6.07) is 8.60. The van der Waals surface area contributed by atoms with Crippen LogP contribution in [0, 0.1) is 17.7 Å². The number of hydrogen-bond donors (Lipinski definition) is 2. The number of benzene rings is 1. The molecule has 0 spiro atoms. The number of nitrogens with zero attached hydrogens (tertiary/aromatic N) is 1. The van der Waals surface area contributed by atoms with Crippen molar-refractivity contribution in [3.05, 3.63) is 58.5 Å². The van der Waals surface area contributed by atoms with Gasteiger partial charge in [-0.2, -0.15) is 0 Å². The van der Waals surface area contributed by atoms with Crippen LogP contribution in [0.15, 0.2) is 36.4 Å². The van der Waals surface area contributed by atoms with Crippen LogP contribution in [0.5, 0.6) is 0 Å². The number of aliphatic hydroxyl groups is 1. The van der Waals surface area contributed by atoms with E-state index in [2.05, 4.69) is 22.1 Å². The van der Waals surface area contributed by atoms with E-state index in [0.29, 0.717) is 5.69 Å². The van der Waals surface area contributed by atoms with Gasteiger partial charge in [-0.3, -0.25) is 4.79 Å². The average molecular weight is 305 g/mol. The van der Waals surface area contributed by atoms with Crippen LogP contribution in [-0.2, 0) is 0 Å². The molecule has 0 aliphatic rings. The minimum atomic E-state index is -0.712. The molecule has 1 amide bonds. The molecule has 2 aromatic rings. The predicted molar refractivity (Wildman–Crippen MR) is 77.6 cm³/mol. The predicted octanol–water partition coefficient (Wildman–Crippen LogP) is 2.47. The van der Waals surface area contributed by atoms with Gasteiger partial charge in [0.15, 0.2) is 0 Å². The van der Waals surface area contributed by atoms with E-state index >= 15 is 0 Å². The molecule has 0 saturated heterocycles. The summed E-state index contributed by atoms with van der Waals surface area (Å²) >= 11 is 5.63. The van der Waals surface area contributed by atoms with Crippen LogP contribution in [0.1, 0.15) is 16.1 Å². The molecule has 0 bridgehead atoms. The molecule has 4 nitrogen and oxygen atoms in total. The van der Waals surface area contributed by atoms with E-state index in [1.807, 2.05) is 0 Å². The minimum absolute atomic E-state index is 0.131. The molecule has 1 aromatic heterocycles. The molecule has 0 aliphatic heterocycles. The number of pyridine rings is 1. The zero-order chi connectivity index (χ0) is 15.2. The number of nitrogens with one attached hydrogen (secondary N) is 1. The fourth-order valence-electron chi connectivity index (χ4n) is 1.56. The maximum absolute atomic E-state index is 13.6. The van der Waals surface area contributed by atoms with E-state index in [1.54, 1.807) is 18.2 Å². The third kappa shape index (κ3) is 4.02. The number of carbonyl (C=O) groups excluding carboxylic acids is 1. The van der Waals surface area contributed by atoms with Gasteiger partial charge in [0.25, 0.3) is 5.91 Å². The van der Waals surface area contributed by atoms with Gasteiger partial charge in [0.05, 0.1) is 5.56 Å². The molecule has 0 unspecified atom stereocenters. The van der Waals surface area contributed by atoms with Crippen molar-refractivity contribution in [2.45, 2.75) is 0 Å². The van der Waals surface area contributed by atoms with Crippen molar-refractivity contribution in [1.29, 1.82) is 0 Å². The molecule has 1 heterocycles. The molecule has 0 radical (unpaired) electrons. The van der Waals surface area contributed by atoms with Gasteiger partial charge in [-0.15, -0.1) is 0 Å². The van der Waals surface area contributed by atoms with Gasteiger partial charge >= 0.3 is 0 Å². The van der Waals surface area contributed by atoms with Crippen LogP contribution in [0.25, 0.3) is 0 Å². The number of rotatable bonds is 2. The smallest absolute Gasteiger partial charge is 0.259 e. The number of amides is 1. The lowest BCUT2D eigenvalue weighted by Gasteiger charge is -2.06. The van der Waals surface area contributed by atoms with Crippen molar-refractivity contribution in [3.63, 3.8) is 0 Å². The highest BCUT2D eigenvalue weighted by Crippen LogP contribution is 2.16. The topological polar surface area (TPSA) is 62.2 Å². The summed E-state index contributed by atoms with van der Waals surface area (Å²) in [5.74, 6) is 3.95. The maximum Gasteiger partial charge on any atom is 0.259 e. The Bertz CT molecular complexity index is 738. The Labute approximate surface area is 125 Å². The van der Waals surface area contributed by atoms with Crippen molar-refractivity contribution >= 4 is 23.3 Å². The maximum atomic E-state index is 13.6. The molecule has 2 N–H and O–H groups in total. The number of anilines is 1. The Morgan fingerprint density at radius 2 is 2.19 bits per heavy atom. The lowest BCUT2D eigenvalue weighted by atomic mass is 10.2. The Morgan fingerprint density at radius 1 is 1.38 bits per heavy atom. The standard InChI is InChI=1S/C15H10ClFN2O2/c16-10-6-7-12(13(17)9-10)15(21)19-14-5-1-3-11(18-14)4-2-8-20/h1,3,5-7,9,20H,8H2,(H,18,19,21). The Morgan fingerprint density at radius 3 is 2.90 bits per heavy atom. The summed E-state index contributed by atoms with van der Waals surface area (Å²) in [6.45, 7) is -0.283. The fraction of sp³-hybridized carbons (Fsp3) is 0.0667. The molecular weight excluding hydrogens is 295 g/mol. The largest absolute Gasteiger partial charge is 0.384 e. The molecular formula is C15H10ClFN2O2. The lowest BCUT2D eigenvalue weighted by Crippen LogP contribution is -2.14.